The number of rotatable bonds is 3. The summed E-state index contributed by atoms with van der Waals surface area (Å²) in [5, 5.41) is 1.03. The minimum Gasteiger partial charge on any atom is -0.441 e. The van der Waals surface area contributed by atoms with Gasteiger partial charge in [0.1, 0.15) is 5.52 Å². The Bertz CT molecular complexity index is 640. The van der Waals surface area contributed by atoms with Gasteiger partial charge in [0.25, 0.3) is 0 Å². The van der Waals surface area contributed by atoms with E-state index in [1.807, 2.05) is 37.4 Å². The van der Waals surface area contributed by atoms with Crippen LogP contribution in [0, 0.1) is 6.92 Å². The normalized spacial score (nSPS) is 13.0. The zero-order valence-corrected chi connectivity index (χ0v) is 10.8. The Kier molecular flexibility index (Phi) is 2.85. The van der Waals surface area contributed by atoms with Crippen LogP contribution in [0.25, 0.3) is 11.1 Å². The molecule has 2 N–H and O–H groups in total. The summed E-state index contributed by atoms with van der Waals surface area (Å²) in [5.74, 6) is 0.676. The maximum atomic E-state index is 6.13. The molecule has 1 aromatic carbocycles. The molecular weight excluding hydrogens is 246 g/mol. The van der Waals surface area contributed by atoms with Crippen molar-refractivity contribution in [1.82, 2.24) is 9.97 Å². The van der Waals surface area contributed by atoms with Crippen LogP contribution >= 0.6 is 11.3 Å². The molecular formula is C13H13N3OS. The summed E-state index contributed by atoms with van der Waals surface area (Å²) in [4.78, 5) is 9.70. The van der Waals surface area contributed by atoms with Crippen LogP contribution < -0.4 is 5.73 Å². The van der Waals surface area contributed by atoms with Crippen molar-refractivity contribution in [2.75, 3.05) is 0 Å². The average molecular weight is 259 g/mol. The van der Waals surface area contributed by atoms with Gasteiger partial charge in [0, 0.05) is 23.5 Å². The minimum absolute atomic E-state index is 0.107. The monoisotopic (exact) mass is 259 g/mol. The number of aromatic nitrogens is 2. The van der Waals surface area contributed by atoms with Crippen LogP contribution in [0.1, 0.15) is 21.8 Å². The second-order valence-corrected chi connectivity index (χ2v) is 5.43. The van der Waals surface area contributed by atoms with Crippen molar-refractivity contribution in [1.29, 1.82) is 0 Å². The van der Waals surface area contributed by atoms with Crippen molar-refractivity contribution in [3.63, 3.8) is 0 Å². The van der Waals surface area contributed by atoms with Gasteiger partial charge >= 0.3 is 0 Å². The van der Waals surface area contributed by atoms with E-state index < -0.39 is 0 Å². The van der Waals surface area contributed by atoms with Crippen molar-refractivity contribution < 1.29 is 4.42 Å². The molecule has 92 valence electrons. The summed E-state index contributed by atoms with van der Waals surface area (Å²) in [7, 11) is 0. The van der Waals surface area contributed by atoms with Crippen molar-refractivity contribution >= 4 is 22.4 Å². The fourth-order valence-corrected chi connectivity index (χ4v) is 2.63. The fraction of sp³-hybridized carbons (Fsp3) is 0.231. The molecule has 0 aliphatic heterocycles. The summed E-state index contributed by atoms with van der Waals surface area (Å²) in [6, 6.07) is 7.62. The van der Waals surface area contributed by atoms with Crippen LogP contribution in [0.2, 0.25) is 0 Å². The first-order valence-electron chi connectivity index (χ1n) is 5.75. The maximum Gasteiger partial charge on any atom is 0.197 e. The van der Waals surface area contributed by atoms with Gasteiger partial charge in [0.2, 0.25) is 0 Å². The highest BCUT2D eigenvalue weighted by molar-refractivity contribution is 7.11. The van der Waals surface area contributed by atoms with E-state index >= 15 is 0 Å². The van der Waals surface area contributed by atoms with Crippen LogP contribution in [0.15, 0.2) is 34.9 Å². The molecule has 0 saturated carbocycles. The van der Waals surface area contributed by atoms with Gasteiger partial charge in [-0.25, -0.2) is 9.97 Å². The molecule has 0 saturated heterocycles. The van der Waals surface area contributed by atoms with E-state index in [0.717, 1.165) is 21.0 Å². The molecule has 2 heterocycles. The lowest BCUT2D eigenvalue weighted by atomic mass is 10.2. The average Bonchev–Trinajstić information content (AvgIpc) is 2.94. The first-order valence-corrected chi connectivity index (χ1v) is 6.56. The fourth-order valence-electron chi connectivity index (χ4n) is 1.85. The van der Waals surface area contributed by atoms with E-state index in [-0.39, 0.29) is 6.04 Å². The lowest BCUT2D eigenvalue weighted by Gasteiger charge is -2.04. The standard InChI is InChI=1S/C13H13N3OS/c1-8-15-7-12(18-8)9(14)6-13-16-10-4-2-3-5-11(10)17-13/h2-5,7,9H,6,14H2,1H3. The molecule has 0 amide bonds. The van der Waals surface area contributed by atoms with Crippen LogP contribution in [-0.2, 0) is 6.42 Å². The number of nitrogens with zero attached hydrogens (tertiary/aromatic N) is 2. The van der Waals surface area contributed by atoms with Gasteiger partial charge in [-0.2, -0.15) is 0 Å². The van der Waals surface area contributed by atoms with E-state index in [2.05, 4.69) is 9.97 Å². The number of fused-ring (bicyclic) bond motifs is 1. The smallest absolute Gasteiger partial charge is 0.197 e. The molecule has 3 rings (SSSR count). The topological polar surface area (TPSA) is 64.9 Å². The Balaban J connectivity index is 1.83. The molecule has 4 nitrogen and oxygen atoms in total. The zero-order chi connectivity index (χ0) is 12.5. The Hall–Kier alpha value is -1.72. The lowest BCUT2D eigenvalue weighted by molar-refractivity contribution is 0.504. The number of hydrogen-bond donors (Lipinski definition) is 1. The second-order valence-electron chi connectivity index (χ2n) is 4.17. The first-order chi connectivity index (χ1) is 8.72. The van der Waals surface area contributed by atoms with Crippen molar-refractivity contribution in [2.45, 2.75) is 19.4 Å². The maximum absolute atomic E-state index is 6.13. The molecule has 0 fully saturated rings. The molecule has 18 heavy (non-hydrogen) atoms. The van der Waals surface area contributed by atoms with Gasteiger partial charge in [-0.1, -0.05) is 12.1 Å². The molecule has 1 unspecified atom stereocenters. The summed E-state index contributed by atoms with van der Waals surface area (Å²) in [6.45, 7) is 1.97. The highest BCUT2D eigenvalue weighted by Crippen LogP contribution is 2.23. The number of aryl methyl sites for hydroxylation is 1. The number of benzene rings is 1. The molecule has 0 radical (unpaired) electrons. The van der Waals surface area contributed by atoms with E-state index in [1.165, 1.54) is 0 Å². The zero-order valence-electron chi connectivity index (χ0n) is 9.96. The molecule has 2 aromatic heterocycles. The SMILES string of the molecule is Cc1ncc(C(N)Cc2nc3ccccc3o2)s1. The van der Waals surface area contributed by atoms with Crippen molar-refractivity contribution in [2.24, 2.45) is 5.73 Å². The Labute approximate surface area is 108 Å². The summed E-state index contributed by atoms with van der Waals surface area (Å²) in [5.41, 5.74) is 7.81. The van der Waals surface area contributed by atoms with Crippen molar-refractivity contribution in [3.8, 4) is 0 Å². The van der Waals surface area contributed by atoms with E-state index in [0.29, 0.717) is 12.3 Å². The minimum atomic E-state index is -0.107. The Morgan fingerprint density at radius 2 is 2.22 bits per heavy atom. The number of hydrogen-bond acceptors (Lipinski definition) is 5. The number of para-hydroxylation sites is 2. The predicted molar refractivity (Wildman–Crippen MR) is 71.5 cm³/mol. The number of nitrogens with two attached hydrogens (primary N) is 1. The predicted octanol–water partition coefficient (Wildman–Crippen LogP) is 2.84. The molecule has 3 aromatic rings. The van der Waals surface area contributed by atoms with Gasteiger partial charge in [-0.15, -0.1) is 11.3 Å². The molecule has 0 aliphatic carbocycles. The van der Waals surface area contributed by atoms with Gasteiger partial charge in [-0.05, 0) is 19.1 Å². The van der Waals surface area contributed by atoms with E-state index in [9.17, 15) is 0 Å². The largest absolute Gasteiger partial charge is 0.441 e. The second kappa shape index (κ2) is 4.51. The van der Waals surface area contributed by atoms with Crippen LogP contribution in [0.5, 0.6) is 0 Å². The summed E-state index contributed by atoms with van der Waals surface area (Å²) in [6.07, 6.45) is 2.42. The molecule has 0 spiro atoms. The third-order valence-corrected chi connectivity index (χ3v) is 3.78. The third-order valence-electron chi connectivity index (χ3n) is 2.74. The molecule has 5 heteroatoms. The quantitative estimate of drug-likeness (QED) is 0.785. The highest BCUT2D eigenvalue weighted by atomic mass is 32.1. The Morgan fingerprint density at radius 1 is 1.39 bits per heavy atom. The van der Waals surface area contributed by atoms with Gasteiger partial charge in [0.05, 0.1) is 5.01 Å². The molecule has 0 bridgehead atoms. The summed E-state index contributed by atoms with van der Waals surface area (Å²) < 4.78 is 5.66. The van der Waals surface area contributed by atoms with Crippen LogP contribution in [0.3, 0.4) is 0 Å². The van der Waals surface area contributed by atoms with Gasteiger partial charge in [-0.3, -0.25) is 0 Å². The highest BCUT2D eigenvalue weighted by Gasteiger charge is 2.14. The number of oxazole rings is 1. The summed E-state index contributed by atoms with van der Waals surface area (Å²) >= 11 is 1.62. The molecule has 0 aliphatic rings. The van der Waals surface area contributed by atoms with Crippen LogP contribution in [-0.4, -0.2) is 9.97 Å². The molecule has 1 atom stereocenters. The van der Waals surface area contributed by atoms with E-state index in [4.69, 9.17) is 10.2 Å². The number of thiazole rings is 1. The van der Waals surface area contributed by atoms with E-state index in [1.54, 1.807) is 11.3 Å². The third kappa shape index (κ3) is 2.14. The van der Waals surface area contributed by atoms with Gasteiger partial charge < -0.3 is 10.2 Å². The Morgan fingerprint density at radius 3 is 2.94 bits per heavy atom. The lowest BCUT2D eigenvalue weighted by Crippen LogP contribution is -2.11. The van der Waals surface area contributed by atoms with Gasteiger partial charge in [0.15, 0.2) is 11.5 Å². The van der Waals surface area contributed by atoms with Crippen molar-refractivity contribution in [3.05, 3.63) is 46.2 Å². The first kappa shape index (κ1) is 11.4. The van der Waals surface area contributed by atoms with Crippen LogP contribution in [0.4, 0.5) is 0 Å².